The minimum absolute atomic E-state index is 0. The van der Waals surface area contributed by atoms with Crippen LogP contribution in [-0.4, -0.2) is 64.9 Å². The Morgan fingerprint density at radius 3 is 2.24 bits per heavy atom. The van der Waals surface area contributed by atoms with Crippen LogP contribution < -0.4 is 0 Å². The normalized spacial score (nSPS) is 13.9. The molecule has 0 rings (SSSR count). The Hall–Kier alpha value is -0.384. The third-order valence-electron chi connectivity index (χ3n) is 2.99. The van der Waals surface area contributed by atoms with Gasteiger partial charge in [-0.1, -0.05) is 33.1 Å². The molecule has 0 spiro atoms. The molecule has 0 amide bonds. The van der Waals surface area contributed by atoms with Crippen LogP contribution in [-0.2, 0) is 24.4 Å². The summed E-state index contributed by atoms with van der Waals surface area (Å²) in [7, 11) is -4.79. The van der Waals surface area contributed by atoms with E-state index in [4.69, 9.17) is 14.4 Å². The summed E-state index contributed by atoms with van der Waals surface area (Å²) in [6.45, 7) is 3.98. The molecule has 0 saturated heterocycles. The van der Waals surface area contributed by atoms with Gasteiger partial charge >= 0.3 is 35.0 Å². The number of aliphatic carboxylic acids is 1. The molecule has 21 heavy (non-hydrogen) atoms. The Kier molecular flexibility index (Phi) is 12.2. The Bertz CT molecular complexity index is 431. The van der Waals surface area contributed by atoms with Crippen LogP contribution >= 0.6 is 0 Å². The van der Waals surface area contributed by atoms with Gasteiger partial charge in [-0.15, -0.1) is 0 Å². The maximum absolute atomic E-state index is 11.6. The number of carbonyl (C=O) groups excluding carboxylic acids is 1. The van der Waals surface area contributed by atoms with Crippen molar-refractivity contribution in [1.82, 2.24) is 0 Å². The van der Waals surface area contributed by atoms with Crippen LogP contribution in [0.5, 0.6) is 0 Å². The quantitative estimate of drug-likeness (QED) is 0.351. The van der Waals surface area contributed by atoms with Gasteiger partial charge in [0.2, 0.25) is 0 Å². The largest absolute Gasteiger partial charge is 2.00 e. The van der Waals surface area contributed by atoms with Crippen molar-refractivity contribution in [3.63, 3.8) is 0 Å². The zero-order valence-corrected chi connectivity index (χ0v) is 14.7. The fraction of sp³-hybridized carbons (Fsp3) is 0.833. The van der Waals surface area contributed by atoms with E-state index in [0.29, 0.717) is 0 Å². The SMILES string of the molecule is CCCCC(CC)COC(=O)C(CC(=O)O)S(=O)(=O)O.[H-].[H-].[Mg+2]. The molecule has 0 aromatic rings. The van der Waals surface area contributed by atoms with Gasteiger partial charge in [-0.25, -0.2) is 0 Å². The number of hydrogen-bond acceptors (Lipinski definition) is 5. The Labute approximate surface area is 144 Å². The minimum Gasteiger partial charge on any atom is -1.00 e. The van der Waals surface area contributed by atoms with Crippen LogP contribution in [0, 0.1) is 5.92 Å². The standard InChI is InChI=1S/C12H22O7S.Mg.2H/c1-3-5-6-9(4-2)8-19-12(15)10(7-11(13)14)20(16,17)18;;;/h9-10H,3-8H2,1-2H3,(H,13,14)(H,16,17,18);;;/q;+2;2*-1. The van der Waals surface area contributed by atoms with Crippen LogP contribution in [0.4, 0.5) is 0 Å². The molecular formula is C12H24MgO7S. The number of esters is 1. The van der Waals surface area contributed by atoms with Gasteiger partial charge in [0.15, 0.2) is 5.25 Å². The molecule has 122 valence electrons. The molecule has 2 unspecified atom stereocenters. The van der Waals surface area contributed by atoms with Crippen molar-refractivity contribution in [1.29, 1.82) is 0 Å². The molecule has 0 bridgehead atoms. The molecule has 0 saturated carbocycles. The molecule has 0 radical (unpaired) electrons. The van der Waals surface area contributed by atoms with Crippen molar-refractivity contribution in [2.24, 2.45) is 5.92 Å². The second-order valence-electron chi connectivity index (χ2n) is 4.65. The number of rotatable bonds is 10. The van der Waals surface area contributed by atoms with Crippen LogP contribution in [0.3, 0.4) is 0 Å². The first-order valence-electron chi connectivity index (χ1n) is 6.57. The summed E-state index contributed by atoms with van der Waals surface area (Å²) in [6, 6.07) is 0. The average Bonchev–Trinajstić information content (AvgIpc) is 2.34. The molecule has 0 aromatic carbocycles. The number of carboxylic acid groups (broad SMARTS) is 1. The smallest absolute Gasteiger partial charge is 1.00 e. The van der Waals surface area contributed by atoms with E-state index in [2.05, 4.69) is 0 Å². The van der Waals surface area contributed by atoms with Crippen LogP contribution in [0.2, 0.25) is 0 Å². The van der Waals surface area contributed by atoms with Crippen molar-refractivity contribution in [2.75, 3.05) is 6.61 Å². The molecule has 2 atom stereocenters. The van der Waals surface area contributed by atoms with Gasteiger partial charge < -0.3 is 12.7 Å². The monoisotopic (exact) mass is 336 g/mol. The topological polar surface area (TPSA) is 118 Å². The van der Waals surface area contributed by atoms with E-state index in [1.54, 1.807) is 0 Å². The summed E-state index contributed by atoms with van der Waals surface area (Å²) in [6.07, 6.45) is 2.56. The van der Waals surface area contributed by atoms with Crippen molar-refractivity contribution in [3.05, 3.63) is 0 Å². The van der Waals surface area contributed by atoms with Crippen molar-refractivity contribution < 1.29 is 35.3 Å². The molecule has 0 heterocycles. The second-order valence-corrected chi connectivity index (χ2v) is 6.25. The van der Waals surface area contributed by atoms with Gasteiger partial charge in [-0.3, -0.25) is 14.1 Å². The number of hydrogen-bond donors (Lipinski definition) is 2. The number of carbonyl (C=O) groups is 2. The van der Waals surface area contributed by atoms with Crippen LogP contribution in [0.1, 0.15) is 48.8 Å². The molecule has 0 aromatic heterocycles. The molecule has 9 heteroatoms. The maximum Gasteiger partial charge on any atom is 2.00 e. The Morgan fingerprint density at radius 1 is 1.29 bits per heavy atom. The van der Waals surface area contributed by atoms with Gasteiger partial charge in [0, 0.05) is 0 Å². The molecule has 0 fully saturated rings. The van der Waals surface area contributed by atoms with E-state index in [0.717, 1.165) is 25.7 Å². The molecular weight excluding hydrogens is 312 g/mol. The van der Waals surface area contributed by atoms with E-state index < -0.39 is 33.7 Å². The zero-order chi connectivity index (χ0) is 15.8. The third-order valence-corrected chi connectivity index (χ3v) is 4.07. The second kappa shape index (κ2) is 11.2. The van der Waals surface area contributed by atoms with Crippen molar-refractivity contribution in [3.8, 4) is 0 Å². The van der Waals surface area contributed by atoms with Gasteiger partial charge in [0.05, 0.1) is 13.0 Å². The number of unbranched alkanes of at least 4 members (excludes halogenated alkanes) is 1. The average molecular weight is 337 g/mol. The Morgan fingerprint density at radius 2 is 1.86 bits per heavy atom. The summed E-state index contributed by atoms with van der Waals surface area (Å²) in [4.78, 5) is 22.1. The maximum atomic E-state index is 11.6. The molecule has 0 aliphatic heterocycles. The van der Waals surface area contributed by atoms with Gasteiger partial charge in [-0.2, -0.15) is 8.42 Å². The summed E-state index contributed by atoms with van der Waals surface area (Å²) in [5, 5.41) is 6.49. The number of carboxylic acids is 1. The third kappa shape index (κ3) is 10.0. The first-order chi connectivity index (χ1) is 9.22. The van der Waals surface area contributed by atoms with E-state index >= 15 is 0 Å². The fourth-order valence-electron chi connectivity index (χ4n) is 1.66. The summed E-state index contributed by atoms with van der Waals surface area (Å²) in [5.41, 5.74) is 0. The fourth-order valence-corrected chi connectivity index (χ4v) is 2.32. The van der Waals surface area contributed by atoms with Crippen molar-refractivity contribution >= 4 is 45.1 Å². The molecule has 0 aliphatic carbocycles. The molecule has 2 N–H and O–H groups in total. The minimum atomic E-state index is -4.79. The Balaban J connectivity index is -0.000000602. The van der Waals surface area contributed by atoms with Gasteiger partial charge in [-0.05, 0) is 12.3 Å². The predicted molar refractivity (Wildman–Crippen MR) is 79.8 cm³/mol. The predicted octanol–water partition coefficient (Wildman–Crippen LogP) is 1.32. The molecule has 7 nitrogen and oxygen atoms in total. The van der Waals surface area contributed by atoms with Gasteiger partial charge in [0.1, 0.15) is 0 Å². The van der Waals surface area contributed by atoms with Crippen molar-refractivity contribution in [2.45, 2.75) is 51.2 Å². The van der Waals surface area contributed by atoms with E-state index in [9.17, 15) is 18.0 Å². The zero-order valence-electron chi connectivity index (χ0n) is 14.4. The van der Waals surface area contributed by atoms with E-state index in [1.165, 1.54) is 0 Å². The number of ether oxygens (including phenoxy) is 1. The van der Waals surface area contributed by atoms with Gasteiger partial charge in [0.25, 0.3) is 10.1 Å². The van der Waals surface area contributed by atoms with E-state index in [-0.39, 0.29) is 38.4 Å². The molecule has 0 aliphatic rings. The first-order valence-corrected chi connectivity index (χ1v) is 8.07. The van der Waals surface area contributed by atoms with E-state index in [1.807, 2.05) is 13.8 Å². The first kappa shape index (κ1) is 22.9. The summed E-state index contributed by atoms with van der Waals surface area (Å²) >= 11 is 0. The summed E-state index contributed by atoms with van der Waals surface area (Å²) in [5.74, 6) is -2.61. The summed E-state index contributed by atoms with van der Waals surface area (Å²) < 4.78 is 35.7. The van der Waals surface area contributed by atoms with Crippen LogP contribution in [0.25, 0.3) is 0 Å². The van der Waals surface area contributed by atoms with Crippen LogP contribution in [0.15, 0.2) is 0 Å².